The van der Waals surface area contributed by atoms with Gasteiger partial charge in [0.1, 0.15) is 12.4 Å². The van der Waals surface area contributed by atoms with Crippen molar-refractivity contribution in [2.24, 2.45) is 11.1 Å². The highest BCUT2D eigenvalue weighted by Gasteiger charge is 2.42. The maximum atomic E-state index is 10.8. The van der Waals surface area contributed by atoms with E-state index in [9.17, 15) is 9.90 Å². The van der Waals surface area contributed by atoms with Crippen molar-refractivity contribution < 1.29 is 14.6 Å². The van der Waals surface area contributed by atoms with Crippen LogP contribution in [0.25, 0.3) is 0 Å². The van der Waals surface area contributed by atoms with E-state index >= 15 is 0 Å². The fourth-order valence-electron chi connectivity index (χ4n) is 1.89. The first-order valence-electron chi connectivity index (χ1n) is 5.83. The second kappa shape index (κ2) is 5.18. The SMILES string of the molecule is CO[C@@](N)(c1cccc(C=O)c1)[C@@H](O)C(C)(C)C. The number of aliphatic hydroxyl groups is 1. The van der Waals surface area contributed by atoms with Gasteiger partial charge >= 0.3 is 0 Å². The van der Waals surface area contributed by atoms with Crippen LogP contribution >= 0.6 is 0 Å². The van der Waals surface area contributed by atoms with Gasteiger partial charge in [0.05, 0.1) is 0 Å². The Morgan fingerprint density at radius 3 is 2.44 bits per heavy atom. The van der Waals surface area contributed by atoms with Crippen LogP contribution in [0.5, 0.6) is 0 Å². The van der Waals surface area contributed by atoms with Gasteiger partial charge in [0.25, 0.3) is 0 Å². The lowest BCUT2D eigenvalue weighted by Gasteiger charge is -2.40. The molecule has 0 heterocycles. The Morgan fingerprint density at radius 2 is 2.00 bits per heavy atom. The number of methoxy groups -OCH3 is 1. The third-order valence-corrected chi connectivity index (χ3v) is 3.04. The number of carbonyl (C=O) groups excluding carboxylic acids is 1. The minimum absolute atomic E-state index is 0.443. The molecule has 4 nitrogen and oxygen atoms in total. The molecule has 0 aliphatic heterocycles. The third-order valence-electron chi connectivity index (χ3n) is 3.04. The molecule has 0 spiro atoms. The van der Waals surface area contributed by atoms with E-state index in [0.717, 1.165) is 6.29 Å². The number of ether oxygens (including phenoxy) is 1. The molecule has 3 N–H and O–H groups in total. The van der Waals surface area contributed by atoms with Crippen LogP contribution in [0.4, 0.5) is 0 Å². The minimum Gasteiger partial charge on any atom is -0.388 e. The predicted molar refractivity (Wildman–Crippen MR) is 70.2 cm³/mol. The molecule has 0 fully saturated rings. The molecule has 1 aromatic carbocycles. The lowest BCUT2D eigenvalue weighted by molar-refractivity contribution is -0.144. The van der Waals surface area contributed by atoms with E-state index in [1.807, 2.05) is 20.8 Å². The molecule has 0 unspecified atom stereocenters. The van der Waals surface area contributed by atoms with Crippen molar-refractivity contribution in [2.45, 2.75) is 32.6 Å². The highest BCUT2D eigenvalue weighted by atomic mass is 16.5. The summed E-state index contributed by atoms with van der Waals surface area (Å²) < 4.78 is 5.32. The summed E-state index contributed by atoms with van der Waals surface area (Å²) in [4.78, 5) is 10.8. The van der Waals surface area contributed by atoms with E-state index < -0.39 is 17.2 Å². The topological polar surface area (TPSA) is 72.5 Å². The monoisotopic (exact) mass is 251 g/mol. The number of hydrogen-bond donors (Lipinski definition) is 2. The predicted octanol–water partition coefficient (Wildman–Crippen LogP) is 1.66. The second-order valence-electron chi connectivity index (χ2n) is 5.51. The van der Waals surface area contributed by atoms with Gasteiger partial charge in [0.15, 0.2) is 5.72 Å². The molecule has 0 saturated carbocycles. The highest BCUT2D eigenvalue weighted by Crippen LogP contribution is 2.34. The van der Waals surface area contributed by atoms with E-state index in [4.69, 9.17) is 10.5 Å². The Hall–Kier alpha value is -1.23. The molecule has 1 aromatic rings. The first-order valence-corrected chi connectivity index (χ1v) is 5.83. The number of benzene rings is 1. The molecule has 0 radical (unpaired) electrons. The Morgan fingerprint density at radius 1 is 1.39 bits per heavy atom. The van der Waals surface area contributed by atoms with Gasteiger partial charge in [-0.25, -0.2) is 0 Å². The van der Waals surface area contributed by atoms with Crippen molar-refractivity contribution in [1.82, 2.24) is 0 Å². The van der Waals surface area contributed by atoms with E-state index in [1.54, 1.807) is 24.3 Å². The fraction of sp³-hybridized carbons (Fsp3) is 0.500. The van der Waals surface area contributed by atoms with Gasteiger partial charge in [-0.1, -0.05) is 39.0 Å². The molecule has 2 atom stereocenters. The van der Waals surface area contributed by atoms with Crippen LogP contribution in [0.1, 0.15) is 36.7 Å². The van der Waals surface area contributed by atoms with Crippen molar-refractivity contribution >= 4 is 6.29 Å². The van der Waals surface area contributed by atoms with Crippen molar-refractivity contribution in [1.29, 1.82) is 0 Å². The molecular weight excluding hydrogens is 230 g/mol. The number of hydrogen-bond acceptors (Lipinski definition) is 4. The molecule has 0 saturated heterocycles. The van der Waals surface area contributed by atoms with Crippen molar-refractivity contribution in [3.05, 3.63) is 35.4 Å². The zero-order chi connectivity index (χ0) is 14.0. The Labute approximate surface area is 108 Å². The average Bonchev–Trinajstić information content (AvgIpc) is 2.36. The molecular formula is C14H21NO3. The first-order chi connectivity index (χ1) is 8.25. The van der Waals surface area contributed by atoms with E-state index in [-0.39, 0.29) is 0 Å². The van der Waals surface area contributed by atoms with Gasteiger partial charge in [-0.2, -0.15) is 0 Å². The molecule has 1 rings (SSSR count). The molecule has 100 valence electrons. The summed E-state index contributed by atoms with van der Waals surface area (Å²) in [6, 6.07) is 6.77. The number of aldehydes is 1. The Bertz CT molecular complexity index is 425. The summed E-state index contributed by atoms with van der Waals surface area (Å²) in [6.45, 7) is 5.63. The molecule has 0 amide bonds. The zero-order valence-electron chi connectivity index (χ0n) is 11.3. The lowest BCUT2D eigenvalue weighted by Crippen LogP contribution is -2.54. The van der Waals surface area contributed by atoms with Gasteiger partial charge in [-0.05, 0) is 11.5 Å². The maximum Gasteiger partial charge on any atom is 0.169 e. The average molecular weight is 251 g/mol. The molecule has 18 heavy (non-hydrogen) atoms. The van der Waals surface area contributed by atoms with Crippen molar-refractivity contribution in [2.75, 3.05) is 7.11 Å². The molecule has 0 aliphatic rings. The van der Waals surface area contributed by atoms with Crippen molar-refractivity contribution in [3.8, 4) is 0 Å². The molecule has 0 bridgehead atoms. The van der Waals surface area contributed by atoms with Gasteiger partial charge in [-0.15, -0.1) is 0 Å². The fourth-order valence-corrected chi connectivity index (χ4v) is 1.89. The lowest BCUT2D eigenvalue weighted by atomic mass is 9.80. The van der Waals surface area contributed by atoms with Crippen LogP contribution in [0.2, 0.25) is 0 Å². The number of aliphatic hydroxyl groups excluding tert-OH is 1. The summed E-state index contributed by atoms with van der Waals surface area (Å²) in [7, 11) is 1.45. The van der Waals surface area contributed by atoms with Gasteiger partial charge in [0, 0.05) is 18.2 Å². The van der Waals surface area contributed by atoms with E-state index in [0.29, 0.717) is 11.1 Å². The zero-order valence-corrected chi connectivity index (χ0v) is 11.3. The number of rotatable bonds is 4. The van der Waals surface area contributed by atoms with Gasteiger partial charge < -0.3 is 9.84 Å². The molecule has 0 aromatic heterocycles. The van der Waals surface area contributed by atoms with Gasteiger partial charge in [-0.3, -0.25) is 10.5 Å². The summed E-state index contributed by atoms with van der Waals surface area (Å²) in [5.41, 5.74) is 5.49. The molecule has 0 aliphatic carbocycles. The van der Waals surface area contributed by atoms with Crippen LogP contribution in [0, 0.1) is 5.41 Å². The maximum absolute atomic E-state index is 10.8. The quantitative estimate of drug-likeness (QED) is 0.630. The minimum atomic E-state index is -1.34. The second-order valence-corrected chi connectivity index (χ2v) is 5.51. The number of nitrogens with two attached hydrogens (primary N) is 1. The summed E-state index contributed by atoms with van der Waals surface area (Å²) in [6.07, 6.45) is -0.167. The van der Waals surface area contributed by atoms with Crippen LogP contribution < -0.4 is 5.73 Å². The summed E-state index contributed by atoms with van der Waals surface area (Å²) in [5, 5.41) is 10.4. The van der Waals surface area contributed by atoms with E-state index in [1.165, 1.54) is 7.11 Å². The number of carbonyl (C=O) groups is 1. The molecule has 4 heteroatoms. The van der Waals surface area contributed by atoms with Crippen molar-refractivity contribution in [3.63, 3.8) is 0 Å². The van der Waals surface area contributed by atoms with E-state index in [2.05, 4.69) is 0 Å². The summed E-state index contributed by atoms with van der Waals surface area (Å²) >= 11 is 0. The first kappa shape index (κ1) is 14.8. The van der Waals surface area contributed by atoms with Crippen LogP contribution in [0.15, 0.2) is 24.3 Å². The normalized spacial score (nSPS) is 17.0. The standard InChI is InChI=1S/C14H21NO3/c1-13(2,3)12(17)14(15,18-4)11-7-5-6-10(8-11)9-16/h5-9,12,17H,15H2,1-4H3/t12-,14-/m0/s1. The third kappa shape index (κ3) is 2.77. The smallest absolute Gasteiger partial charge is 0.169 e. The highest BCUT2D eigenvalue weighted by molar-refractivity contribution is 5.75. The van der Waals surface area contributed by atoms with Crippen LogP contribution in [0.3, 0.4) is 0 Å². The summed E-state index contributed by atoms with van der Waals surface area (Å²) in [5.74, 6) is 0. The van der Waals surface area contributed by atoms with Crippen LogP contribution in [-0.4, -0.2) is 24.6 Å². The largest absolute Gasteiger partial charge is 0.388 e. The Kier molecular flexibility index (Phi) is 4.27. The Balaban J connectivity index is 3.25. The van der Waals surface area contributed by atoms with Crippen LogP contribution in [-0.2, 0) is 10.5 Å². The van der Waals surface area contributed by atoms with Gasteiger partial charge in [0.2, 0.25) is 0 Å².